The molecule has 68 heavy (non-hydrogen) atoms. The number of fused-ring (bicyclic) bond motifs is 10. The summed E-state index contributed by atoms with van der Waals surface area (Å²) in [6.07, 6.45) is 0. The van der Waals surface area contributed by atoms with Gasteiger partial charge in [0.25, 0.3) is 0 Å². The minimum Gasteiger partial charge on any atom is -0.293 e. The van der Waals surface area contributed by atoms with Crippen LogP contribution in [0.2, 0.25) is 0 Å². The van der Waals surface area contributed by atoms with Crippen molar-refractivity contribution in [1.29, 1.82) is 0 Å². The summed E-state index contributed by atoms with van der Waals surface area (Å²) in [5.74, 6) is 0.834. The van der Waals surface area contributed by atoms with Crippen molar-refractivity contribution in [3.05, 3.63) is 282 Å². The maximum absolute atomic E-state index is 5.78. The third kappa shape index (κ3) is 5.71. The second-order valence-electron chi connectivity index (χ2n) is 18.0. The van der Waals surface area contributed by atoms with Crippen LogP contribution >= 0.6 is 11.3 Å². The van der Waals surface area contributed by atoms with Crippen molar-refractivity contribution >= 4 is 59.7 Å². The maximum atomic E-state index is 5.78. The Balaban J connectivity index is 1.04. The molecule has 0 amide bonds. The predicted octanol–water partition coefficient (Wildman–Crippen LogP) is 16.7. The van der Waals surface area contributed by atoms with Crippen molar-refractivity contribution in [3.63, 3.8) is 0 Å². The van der Waals surface area contributed by atoms with Gasteiger partial charge in [0.1, 0.15) is 16.0 Å². The number of anilines is 3. The summed E-state index contributed by atoms with van der Waals surface area (Å²) >= 11 is 1.70. The Labute approximate surface area is 398 Å². The Morgan fingerprint density at radius 2 is 1.07 bits per heavy atom. The first kappa shape index (κ1) is 38.8. The zero-order chi connectivity index (χ0) is 44.8. The average molecular weight is 884 g/mol. The SMILES string of the molecule is c1ccc(-c2nc3sc4ccccc4c3nc2N(c2ccc(C3(c4ccccc4)c4ccccc4-c4ccccc43)cc2)c2cccc3c2-c2ccccc2C3c2ccc3ccccc3c2)cc1. The molecule has 0 N–H and O–H groups in total. The zero-order valence-electron chi connectivity index (χ0n) is 36.9. The van der Waals surface area contributed by atoms with Crippen molar-refractivity contribution in [2.75, 3.05) is 4.90 Å². The second-order valence-corrected chi connectivity index (χ2v) is 19.0. The summed E-state index contributed by atoms with van der Waals surface area (Å²) in [7, 11) is 0. The molecule has 14 rings (SSSR count). The largest absolute Gasteiger partial charge is 0.293 e. The van der Waals surface area contributed by atoms with Gasteiger partial charge in [0, 0.05) is 32.8 Å². The first-order valence-electron chi connectivity index (χ1n) is 23.4. The Hall–Kier alpha value is -8.44. The standard InChI is InChI=1S/C64H41N3S/c1-3-19-42(20-4-1)60-62(65-61-52-28-13-16-33-57(52)68-63(61)66-60)67(56-32-17-29-53-58(50-26-9-10-27-51(50)59(53)56)44-35-34-41-18-7-8-21-43(41)40-44)47-38-36-46(37-39-47)64(45-22-5-2-6-23-45)54-30-14-11-24-48(54)49-25-12-15-31-55(49)64/h1-40,58H. The number of benzene rings is 10. The molecule has 2 heterocycles. The highest BCUT2D eigenvalue weighted by Crippen LogP contribution is 2.58. The topological polar surface area (TPSA) is 29.0 Å². The predicted molar refractivity (Wildman–Crippen MR) is 283 cm³/mol. The van der Waals surface area contributed by atoms with Gasteiger partial charge in [0.2, 0.25) is 0 Å². The Kier molecular flexibility index (Phi) is 8.74. The van der Waals surface area contributed by atoms with E-state index in [9.17, 15) is 0 Å². The van der Waals surface area contributed by atoms with E-state index >= 15 is 0 Å². The summed E-state index contributed by atoms with van der Waals surface area (Å²) in [6, 6.07) is 88.9. The fourth-order valence-electron chi connectivity index (χ4n) is 11.6. The van der Waals surface area contributed by atoms with Gasteiger partial charge in [-0.1, -0.05) is 218 Å². The third-order valence-electron chi connectivity index (χ3n) is 14.4. The van der Waals surface area contributed by atoms with Gasteiger partial charge in [-0.15, -0.1) is 11.3 Å². The first-order valence-corrected chi connectivity index (χ1v) is 24.2. The van der Waals surface area contributed by atoms with Gasteiger partial charge < -0.3 is 0 Å². The van der Waals surface area contributed by atoms with Gasteiger partial charge in [0.15, 0.2) is 5.82 Å². The van der Waals surface area contributed by atoms with Crippen LogP contribution in [0.4, 0.5) is 17.2 Å². The molecule has 12 aromatic rings. The van der Waals surface area contributed by atoms with Crippen LogP contribution in [-0.2, 0) is 5.41 Å². The van der Waals surface area contributed by atoms with E-state index in [-0.39, 0.29) is 5.92 Å². The lowest BCUT2D eigenvalue weighted by molar-refractivity contribution is 0.768. The van der Waals surface area contributed by atoms with Gasteiger partial charge in [-0.2, -0.15) is 0 Å². The summed E-state index contributed by atoms with van der Waals surface area (Å²) in [5.41, 5.74) is 18.2. The molecule has 10 aromatic carbocycles. The molecule has 0 radical (unpaired) electrons. The van der Waals surface area contributed by atoms with E-state index in [1.165, 1.54) is 76.7 Å². The van der Waals surface area contributed by atoms with Crippen LogP contribution in [0.1, 0.15) is 44.9 Å². The molecular formula is C64H41N3S. The molecule has 4 heteroatoms. The number of nitrogens with zero attached hydrogens (tertiary/aromatic N) is 3. The molecular weight excluding hydrogens is 843 g/mol. The van der Waals surface area contributed by atoms with Gasteiger partial charge >= 0.3 is 0 Å². The Bertz CT molecular complexity index is 3890. The lowest BCUT2D eigenvalue weighted by Crippen LogP contribution is -2.28. The van der Waals surface area contributed by atoms with Crippen LogP contribution in [0.5, 0.6) is 0 Å². The van der Waals surface area contributed by atoms with Crippen LogP contribution < -0.4 is 4.90 Å². The van der Waals surface area contributed by atoms with Gasteiger partial charge in [0.05, 0.1) is 11.1 Å². The summed E-state index contributed by atoms with van der Waals surface area (Å²) in [6.45, 7) is 0. The van der Waals surface area contributed by atoms with Gasteiger partial charge in [-0.3, -0.25) is 4.90 Å². The van der Waals surface area contributed by atoms with Crippen molar-refractivity contribution in [2.45, 2.75) is 11.3 Å². The number of hydrogen-bond donors (Lipinski definition) is 0. The molecule has 0 aliphatic heterocycles. The smallest absolute Gasteiger partial charge is 0.165 e. The molecule has 2 aliphatic carbocycles. The minimum atomic E-state index is -0.526. The number of hydrogen-bond acceptors (Lipinski definition) is 4. The van der Waals surface area contributed by atoms with E-state index in [1.807, 2.05) is 0 Å². The first-order chi connectivity index (χ1) is 33.7. The molecule has 0 saturated carbocycles. The highest BCUT2D eigenvalue weighted by Gasteiger charge is 2.46. The fraction of sp³-hybridized carbons (Fsp3) is 0.0312. The normalized spacial score (nSPS) is 14.1. The molecule has 318 valence electrons. The molecule has 0 spiro atoms. The number of rotatable bonds is 7. The Morgan fingerprint density at radius 3 is 1.85 bits per heavy atom. The molecule has 1 atom stereocenters. The molecule has 2 aliphatic rings. The fourth-order valence-corrected chi connectivity index (χ4v) is 12.6. The monoisotopic (exact) mass is 883 g/mol. The van der Waals surface area contributed by atoms with Crippen LogP contribution in [0.3, 0.4) is 0 Å². The van der Waals surface area contributed by atoms with Gasteiger partial charge in [-0.25, -0.2) is 9.97 Å². The van der Waals surface area contributed by atoms with Gasteiger partial charge in [-0.05, 0) is 90.7 Å². The van der Waals surface area contributed by atoms with E-state index in [4.69, 9.17) is 9.97 Å². The molecule has 3 nitrogen and oxygen atoms in total. The van der Waals surface area contributed by atoms with E-state index in [0.717, 1.165) is 44.2 Å². The summed E-state index contributed by atoms with van der Waals surface area (Å²) in [5, 5.41) is 3.60. The molecule has 1 unspecified atom stereocenters. The number of aromatic nitrogens is 2. The maximum Gasteiger partial charge on any atom is 0.165 e. The lowest BCUT2D eigenvalue weighted by atomic mass is 9.68. The van der Waals surface area contributed by atoms with E-state index in [0.29, 0.717) is 0 Å². The van der Waals surface area contributed by atoms with Crippen LogP contribution in [0.25, 0.3) is 64.7 Å². The lowest BCUT2D eigenvalue weighted by Gasteiger charge is -2.34. The molecule has 0 fully saturated rings. The van der Waals surface area contributed by atoms with Crippen molar-refractivity contribution in [1.82, 2.24) is 9.97 Å². The zero-order valence-corrected chi connectivity index (χ0v) is 37.7. The molecule has 0 bridgehead atoms. The average Bonchev–Trinajstić information content (AvgIpc) is 4.06. The van der Waals surface area contributed by atoms with E-state index in [2.05, 4.69) is 248 Å². The minimum absolute atomic E-state index is 0.0474. The van der Waals surface area contributed by atoms with Crippen LogP contribution in [-0.4, -0.2) is 9.97 Å². The highest BCUT2D eigenvalue weighted by molar-refractivity contribution is 7.25. The molecule has 0 saturated heterocycles. The van der Waals surface area contributed by atoms with Crippen molar-refractivity contribution in [2.24, 2.45) is 0 Å². The third-order valence-corrected chi connectivity index (χ3v) is 15.5. The molecule has 2 aromatic heterocycles. The van der Waals surface area contributed by atoms with E-state index in [1.54, 1.807) is 11.3 Å². The van der Waals surface area contributed by atoms with E-state index < -0.39 is 5.41 Å². The van der Waals surface area contributed by atoms with Crippen LogP contribution in [0.15, 0.2) is 243 Å². The summed E-state index contributed by atoms with van der Waals surface area (Å²) in [4.78, 5) is 14.7. The number of thiophene rings is 1. The summed E-state index contributed by atoms with van der Waals surface area (Å²) < 4.78 is 1.17. The Morgan fingerprint density at radius 1 is 0.456 bits per heavy atom. The highest BCUT2D eigenvalue weighted by atomic mass is 32.1. The van der Waals surface area contributed by atoms with Crippen molar-refractivity contribution in [3.8, 4) is 33.5 Å². The van der Waals surface area contributed by atoms with Crippen molar-refractivity contribution < 1.29 is 0 Å². The second kappa shape index (κ2) is 15.3. The van der Waals surface area contributed by atoms with Crippen LogP contribution in [0, 0.1) is 0 Å². The quantitative estimate of drug-likeness (QED) is 0.160.